The van der Waals surface area contributed by atoms with Crippen molar-refractivity contribution in [3.63, 3.8) is 0 Å². The monoisotopic (exact) mass is 342 g/mol. The van der Waals surface area contributed by atoms with Crippen molar-refractivity contribution in [3.8, 4) is 5.75 Å². The molecule has 0 aromatic heterocycles. The molecular formula is C16H26N2O4S. The van der Waals surface area contributed by atoms with E-state index in [1.807, 2.05) is 27.0 Å². The van der Waals surface area contributed by atoms with E-state index in [0.29, 0.717) is 32.1 Å². The topological polar surface area (TPSA) is 67.9 Å². The van der Waals surface area contributed by atoms with Crippen LogP contribution in [-0.2, 0) is 14.8 Å². The van der Waals surface area contributed by atoms with Crippen LogP contribution >= 0.6 is 0 Å². The van der Waals surface area contributed by atoms with E-state index in [-0.39, 0.29) is 10.8 Å². The fourth-order valence-corrected chi connectivity index (χ4v) is 3.93. The number of nitrogens with zero attached hydrogens (tertiary/aromatic N) is 1. The number of ether oxygens (including phenoxy) is 2. The number of rotatable bonds is 6. The van der Waals surface area contributed by atoms with Gasteiger partial charge in [0, 0.05) is 25.6 Å². The first kappa shape index (κ1) is 18.2. The minimum Gasteiger partial charge on any atom is -0.492 e. The maximum Gasteiger partial charge on any atom is 0.244 e. The number of nitrogens with one attached hydrogen (secondary N) is 1. The molecule has 2 rings (SSSR count). The summed E-state index contributed by atoms with van der Waals surface area (Å²) in [5.74, 6) is 0.525. The summed E-state index contributed by atoms with van der Waals surface area (Å²) < 4.78 is 39.0. The van der Waals surface area contributed by atoms with Crippen molar-refractivity contribution in [1.82, 2.24) is 9.62 Å². The molecule has 1 N–H and O–H groups in total. The summed E-state index contributed by atoms with van der Waals surface area (Å²) in [5.41, 5.74) is 0.881. The smallest absolute Gasteiger partial charge is 0.244 e. The Balaban J connectivity index is 2.10. The van der Waals surface area contributed by atoms with Gasteiger partial charge in [-0.25, -0.2) is 13.1 Å². The lowest BCUT2D eigenvalue weighted by molar-refractivity contribution is 0.123. The molecule has 1 atom stereocenters. The van der Waals surface area contributed by atoms with Crippen LogP contribution in [0.3, 0.4) is 0 Å². The van der Waals surface area contributed by atoms with Gasteiger partial charge >= 0.3 is 0 Å². The highest BCUT2D eigenvalue weighted by molar-refractivity contribution is 7.89. The second-order valence-corrected chi connectivity index (χ2v) is 7.67. The fourth-order valence-electron chi connectivity index (χ4n) is 2.58. The predicted molar refractivity (Wildman–Crippen MR) is 89.3 cm³/mol. The molecule has 1 aliphatic heterocycles. The SMILES string of the molecule is CCOc1ccc(C)cc1S(=O)(=O)NC[C@H]1COCCN(C)C1. The number of likely N-dealkylation sites (N-methyl/N-ethyl adjacent to an activating group) is 1. The molecule has 7 heteroatoms. The largest absolute Gasteiger partial charge is 0.492 e. The first-order valence-electron chi connectivity index (χ1n) is 7.91. The number of aryl methyl sites for hydroxylation is 1. The molecule has 0 bridgehead atoms. The Morgan fingerprint density at radius 1 is 1.43 bits per heavy atom. The van der Waals surface area contributed by atoms with Crippen LogP contribution < -0.4 is 9.46 Å². The van der Waals surface area contributed by atoms with Crippen molar-refractivity contribution >= 4 is 10.0 Å². The minimum absolute atomic E-state index is 0.137. The zero-order valence-corrected chi connectivity index (χ0v) is 14.9. The van der Waals surface area contributed by atoms with Crippen LogP contribution in [0, 0.1) is 12.8 Å². The summed E-state index contributed by atoms with van der Waals surface area (Å²) in [6.45, 7) is 7.42. The van der Waals surface area contributed by atoms with Crippen molar-refractivity contribution in [2.45, 2.75) is 18.7 Å². The maximum absolute atomic E-state index is 12.6. The molecule has 1 aromatic rings. The second-order valence-electron chi connectivity index (χ2n) is 5.94. The maximum atomic E-state index is 12.6. The highest BCUT2D eigenvalue weighted by Crippen LogP contribution is 2.25. The Bertz CT molecular complexity index is 619. The number of benzene rings is 1. The molecule has 0 unspecified atom stereocenters. The molecule has 1 aliphatic rings. The van der Waals surface area contributed by atoms with E-state index < -0.39 is 10.0 Å². The summed E-state index contributed by atoms with van der Waals surface area (Å²) in [4.78, 5) is 2.35. The van der Waals surface area contributed by atoms with E-state index in [1.54, 1.807) is 12.1 Å². The standard InChI is InChI=1S/C16H26N2O4S/c1-4-22-15-6-5-13(2)9-16(15)23(19,20)17-10-14-11-18(3)7-8-21-12-14/h5-6,9,14,17H,4,7-8,10-12H2,1-3H3/t14-/m1/s1. The van der Waals surface area contributed by atoms with Gasteiger partial charge in [-0.3, -0.25) is 0 Å². The van der Waals surface area contributed by atoms with E-state index in [1.165, 1.54) is 0 Å². The average molecular weight is 342 g/mol. The van der Waals surface area contributed by atoms with Crippen molar-refractivity contribution in [3.05, 3.63) is 23.8 Å². The molecule has 0 aliphatic carbocycles. The lowest BCUT2D eigenvalue weighted by atomic mass is 10.1. The molecule has 1 heterocycles. The molecule has 1 fully saturated rings. The van der Waals surface area contributed by atoms with Crippen molar-refractivity contribution in [2.24, 2.45) is 5.92 Å². The van der Waals surface area contributed by atoms with Crippen LogP contribution in [0.1, 0.15) is 12.5 Å². The van der Waals surface area contributed by atoms with Crippen LogP contribution in [0.15, 0.2) is 23.1 Å². The Morgan fingerprint density at radius 2 is 2.22 bits per heavy atom. The van der Waals surface area contributed by atoms with E-state index >= 15 is 0 Å². The molecule has 0 spiro atoms. The van der Waals surface area contributed by atoms with Gasteiger partial charge in [-0.05, 0) is 38.6 Å². The quantitative estimate of drug-likeness (QED) is 0.843. The van der Waals surface area contributed by atoms with Crippen LogP contribution in [0.25, 0.3) is 0 Å². The van der Waals surface area contributed by atoms with Crippen LogP contribution in [-0.4, -0.2) is 59.8 Å². The molecule has 130 valence electrons. The summed E-state index contributed by atoms with van der Waals surface area (Å²) in [7, 11) is -1.60. The van der Waals surface area contributed by atoms with E-state index in [9.17, 15) is 8.42 Å². The normalized spacial score (nSPS) is 20.2. The Morgan fingerprint density at radius 3 is 2.96 bits per heavy atom. The van der Waals surface area contributed by atoms with E-state index in [0.717, 1.165) is 18.7 Å². The van der Waals surface area contributed by atoms with Crippen LogP contribution in [0.5, 0.6) is 5.75 Å². The Labute approximate surface area is 138 Å². The van der Waals surface area contributed by atoms with Crippen molar-refractivity contribution < 1.29 is 17.9 Å². The minimum atomic E-state index is -3.61. The van der Waals surface area contributed by atoms with E-state index in [2.05, 4.69) is 9.62 Å². The van der Waals surface area contributed by atoms with Gasteiger partial charge < -0.3 is 14.4 Å². The second kappa shape index (κ2) is 8.10. The zero-order chi connectivity index (χ0) is 16.9. The summed E-state index contributed by atoms with van der Waals surface area (Å²) >= 11 is 0. The van der Waals surface area contributed by atoms with Gasteiger partial charge in [0.05, 0.1) is 19.8 Å². The molecule has 0 saturated carbocycles. The first-order valence-corrected chi connectivity index (χ1v) is 9.40. The average Bonchev–Trinajstić information content (AvgIpc) is 2.71. The molecule has 1 saturated heterocycles. The lowest BCUT2D eigenvalue weighted by Gasteiger charge is -2.20. The van der Waals surface area contributed by atoms with E-state index in [4.69, 9.17) is 9.47 Å². The van der Waals surface area contributed by atoms with Gasteiger partial charge in [0.2, 0.25) is 10.0 Å². The van der Waals surface area contributed by atoms with Crippen LogP contribution in [0.2, 0.25) is 0 Å². The third-order valence-electron chi connectivity index (χ3n) is 3.79. The third kappa shape index (κ3) is 5.17. The van der Waals surface area contributed by atoms with Gasteiger partial charge in [0.25, 0.3) is 0 Å². The lowest BCUT2D eigenvalue weighted by Crippen LogP contribution is -2.36. The highest BCUT2D eigenvalue weighted by atomic mass is 32.2. The molecular weight excluding hydrogens is 316 g/mol. The molecule has 6 nitrogen and oxygen atoms in total. The number of sulfonamides is 1. The predicted octanol–water partition coefficient (Wildman–Crippen LogP) is 1.25. The molecule has 1 aromatic carbocycles. The highest BCUT2D eigenvalue weighted by Gasteiger charge is 2.23. The summed E-state index contributed by atoms with van der Waals surface area (Å²) in [5, 5.41) is 0. The van der Waals surface area contributed by atoms with Gasteiger partial charge in [-0.2, -0.15) is 0 Å². The van der Waals surface area contributed by atoms with Gasteiger partial charge in [-0.1, -0.05) is 6.07 Å². The number of hydrogen-bond donors (Lipinski definition) is 1. The van der Waals surface area contributed by atoms with Crippen LogP contribution in [0.4, 0.5) is 0 Å². The van der Waals surface area contributed by atoms with Crippen molar-refractivity contribution in [1.29, 1.82) is 0 Å². The van der Waals surface area contributed by atoms with Gasteiger partial charge in [-0.15, -0.1) is 0 Å². The third-order valence-corrected chi connectivity index (χ3v) is 5.24. The summed E-state index contributed by atoms with van der Waals surface area (Å²) in [6.07, 6.45) is 0. The summed E-state index contributed by atoms with van der Waals surface area (Å²) in [6, 6.07) is 5.19. The Hall–Kier alpha value is -1.15. The molecule has 0 radical (unpaired) electrons. The van der Waals surface area contributed by atoms with Crippen molar-refractivity contribution in [2.75, 3.05) is 46.5 Å². The zero-order valence-electron chi connectivity index (χ0n) is 14.0. The fraction of sp³-hybridized carbons (Fsp3) is 0.625. The van der Waals surface area contributed by atoms with Gasteiger partial charge in [0.15, 0.2) is 0 Å². The number of hydrogen-bond acceptors (Lipinski definition) is 5. The van der Waals surface area contributed by atoms with Gasteiger partial charge in [0.1, 0.15) is 10.6 Å². The first-order chi connectivity index (χ1) is 10.9. The molecule has 23 heavy (non-hydrogen) atoms. The Kier molecular flexibility index (Phi) is 6.41. The molecule has 0 amide bonds.